The number of ether oxygens (including phenoxy) is 1. The molecule has 1 N–H and O–H groups in total. The summed E-state index contributed by atoms with van der Waals surface area (Å²) in [4.78, 5) is 29.7. The van der Waals surface area contributed by atoms with Gasteiger partial charge in [-0.25, -0.2) is 0 Å². The summed E-state index contributed by atoms with van der Waals surface area (Å²) in [6.45, 7) is 3.90. The molecule has 7 nitrogen and oxygen atoms in total. The average Bonchev–Trinajstić information content (AvgIpc) is 2.70. The Morgan fingerprint density at radius 2 is 2.07 bits per heavy atom. The van der Waals surface area contributed by atoms with Crippen LogP contribution in [-0.4, -0.2) is 21.8 Å². The van der Waals surface area contributed by atoms with Crippen molar-refractivity contribution in [2.45, 2.75) is 13.8 Å². The second-order valence-electron chi connectivity index (χ2n) is 6.11. The molecule has 0 bridgehead atoms. The molecule has 2 aromatic heterocycles. The summed E-state index contributed by atoms with van der Waals surface area (Å²) in [5.41, 5.74) is 0.491. The molecule has 0 spiro atoms. The molecule has 0 atom stereocenters. The van der Waals surface area contributed by atoms with Gasteiger partial charge in [-0.05, 0) is 55.8 Å². The number of hydrogen-bond acceptors (Lipinski definition) is 5. The number of benzene rings is 1. The molecule has 0 unspecified atom stereocenters. The van der Waals surface area contributed by atoms with E-state index in [4.69, 9.17) is 16.3 Å². The van der Waals surface area contributed by atoms with Crippen LogP contribution in [-0.2, 0) is 4.79 Å². The highest BCUT2D eigenvalue weighted by atomic mass is 35.5. The molecule has 1 amide bonds. The first-order valence-corrected chi connectivity index (χ1v) is 9.17. The summed E-state index contributed by atoms with van der Waals surface area (Å²) in [7, 11) is 0. The second-order valence-corrected chi connectivity index (χ2v) is 6.54. The fourth-order valence-corrected chi connectivity index (χ4v) is 2.78. The van der Waals surface area contributed by atoms with Gasteiger partial charge in [0, 0.05) is 17.8 Å². The Morgan fingerprint density at radius 3 is 2.72 bits per heavy atom. The molecule has 3 rings (SSSR count). The van der Waals surface area contributed by atoms with Crippen LogP contribution < -0.4 is 15.6 Å². The average molecular weight is 409 g/mol. The number of halogens is 1. The number of pyridine rings is 1. The van der Waals surface area contributed by atoms with E-state index in [0.29, 0.717) is 23.0 Å². The van der Waals surface area contributed by atoms with Gasteiger partial charge in [0.15, 0.2) is 0 Å². The highest BCUT2D eigenvalue weighted by Crippen LogP contribution is 2.25. The van der Waals surface area contributed by atoms with Crippen molar-refractivity contribution in [2.24, 2.45) is 0 Å². The number of carbonyl (C=O) groups excluding carboxylic acids is 1. The van der Waals surface area contributed by atoms with Gasteiger partial charge in [0.25, 0.3) is 11.5 Å². The van der Waals surface area contributed by atoms with Crippen molar-refractivity contribution in [3.05, 3.63) is 74.7 Å². The molecule has 2 heterocycles. The minimum absolute atomic E-state index is 0.00847. The molecule has 29 heavy (non-hydrogen) atoms. The van der Waals surface area contributed by atoms with Gasteiger partial charge in [0.1, 0.15) is 28.6 Å². The molecule has 0 radical (unpaired) electrons. The van der Waals surface area contributed by atoms with E-state index in [-0.39, 0.29) is 17.0 Å². The molecule has 0 aliphatic carbocycles. The second kappa shape index (κ2) is 8.59. The van der Waals surface area contributed by atoms with Crippen LogP contribution in [0.1, 0.15) is 18.1 Å². The molecule has 0 saturated heterocycles. The Kier molecular flexibility index (Phi) is 5.96. The van der Waals surface area contributed by atoms with E-state index in [9.17, 15) is 14.9 Å². The molecule has 0 fully saturated rings. The monoisotopic (exact) mass is 408 g/mol. The fraction of sp³-hybridized carbons (Fsp3) is 0.143. The third-order valence-corrected chi connectivity index (χ3v) is 4.32. The maximum Gasteiger partial charge on any atom is 0.269 e. The van der Waals surface area contributed by atoms with E-state index in [1.54, 1.807) is 43.5 Å². The maximum atomic E-state index is 13.1. The summed E-state index contributed by atoms with van der Waals surface area (Å²) in [5, 5.41) is 12.5. The van der Waals surface area contributed by atoms with E-state index in [0.717, 1.165) is 5.56 Å². The van der Waals surface area contributed by atoms with Crippen molar-refractivity contribution in [1.82, 2.24) is 14.7 Å². The Morgan fingerprint density at radius 1 is 1.34 bits per heavy atom. The number of rotatable bonds is 5. The van der Waals surface area contributed by atoms with Crippen LogP contribution in [0.2, 0.25) is 5.02 Å². The van der Waals surface area contributed by atoms with Gasteiger partial charge in [-0.3, -0.25) is 14.0 Å². The number of likely N-dealkylation sites (N-methyl/N-ethyl adjacent to an activating group) is 1. The summed E-state index contributed by atoms with van der Waals surface area (Å²) in [5.74, 6) is -0.185. The van der Waals surface area contributed by atoms with Crippen LogP contribution in [0.15, 0.2) is 53.0 Å². The minimum Gasteiger partial charge on any atom is -0.438 e. The SMILES string of the molecule is CCNC(=O)/C(C#N)=C/c1c(Oc2ccc(Cl)cc2)nc2c(C)cccn2c1=O. The number of amides is 1. The Balaban J connectivity index is 2.24. The number of nitrogens with zero attached hydrogens (tertiary/aromatic N) is 3. The van der Waals surface area contributed by atoms with Crippen LogP contribution in [0, 0.1) is 18.3 Å². The zero-order valence-electron chi connectivity index (χ0n) is 15.8. The van der Waals surface area contributed by atoms with Crippen LogP contribution in [0.5, 0.6) is 11.6 Å². The molecule has 146 valence electrons. The quantitative estimate of drug-likeness (QED) is 0.515. The summed E-state index contributed by atoms with van der Waals surface area (Å²) >= 11 is 5.91. The van der Waals surface area contributed by atoms with E-state index in [2.05, 4.69) is 10.3 Å². The fourth-order valence-electron chi connectivity index (χ4n) is 2.66. The van der Waals surface area contributed by atoms with Crippen molar-refractivity contribution in [1.29, 1.82) is 5.26 Å². The smallest absolute Gasteiger partial charge is 0.269 e. The largest absolute Gasteiger partial charge is 0.438 e. The Bertz CT molecular complexity index is 1210. The van der Waals surface area contributed by atoms with Gasteiger partial charge in [0.2, 0.25) is 5.88 Å². The standard InChI is InChI=1S/C21H17ClN4O3/c1-3-24-19(27)14(12-23)11-17-20(29-16-8-6-15(22)7-9-16)25-18-13(2)5-4-10-26(18)21(17)28/h4-11H,3H2,1-2H3,(H,24,27)/b14-11+. The molecular formula is C21H17ClN4O3. The molecule has 0 saturated carbocycles. The summed E-state index contributed by atoms with van der Waals surface area (Å²) in [6.07, 6.45) is 2.76. The lowest BCUT2D eigenvalue weighted by molar-refractivity contribution is -0.116. The van der Waals surface area contributed by atoms with Crippen molar-refractivity contribution in [3.63, 3.8) is 0 Å². The zero-order valence-corrected chi connectivity index (χ0v) is 16.5. The lowest BCUT2D eigenvalue weighted by atomic mass is 10.1. The third-order valence-electron chi connectivity index (χ3n) is 4.07. The normalized spacial score (nSPS) is 11.2. The number of aromatic nitrogens is 2. The molecule has 8 heteroatoms. The third kappa shape index (κ3) is 4.28. The molecule has 1 aromatic carbocycles. The summed E-state index contributed by atoms with van der Waals surface area (Å²) < 4.78 is 7.17. The number of fused-ring (bicyclic) bond motifs is 1. The number of nitriles is 1. The summed E-state index contributed by atoms with van der Waals surface area (Å²) in [6, 6.07) is 11.9. The molecule has 3 aromatic rings. The predicted molar refractivity (Wildman–Crippen MR) is 110 cm³/mol. The number of nitrogens with one attached hydrogen (secondary N) is 1. The van der Waals surface area contributed by atoms with Gasteiger partial charge in [-0.15, -0.1) is 0 Å². The van der Waals surface area contributed by atoms with Gasteiger partial charge in [0.05, 0.1) is 0 Å². The highest BCUT2D eigenvalue weighted by Gasteiger charge is 2.17. The van der Waals surface area contributed by atoms with Crippen molar-refractivity contribution in [3.8, 4) is 17.7 Å². The van der Waals surface area contributed by atoms with Gasteiger partial charge in [-0.2, -0.15) is 10.2 Å². The topological polar surface area (TPSA) is 96.5 Å². The maximum absolute atomic E-state index is 13.1. The lowest BCUT2D eigenvalue weighted by Gasteiger charge is -2.11. The van der Waals surface area contributed by atoms with E-state index >= 15 is 0 Å². The van der Waals surface area contributed by atoms with Crippen LogP contribution in [0.4, 0.5) is 0 Å². The van der Waals surface area contributed by atoms with Crippen LogP contribution in [0.3, 0.4) is 0 Å². The Labute approximate surface area is 171 Å². The molecular weight excluding hydrogens is 392 g/mol. The van der Waals surface area contributed by atoms with E-state index in [1.807, 2.05) is 19.1 Å². The molecule has 0 aliphatic rings. The Hall–Kier alpha value is -3.63. The highest BCUT2D eigenvalue weighted by molar-refractivity contribution is 6.30. The van der Waals surface area contributed by atoms with Crippen LogP contribution >= 0.6 is 11.6 Å². The number of carbonyl (C=O) groups is 1. The predicted octanol–water partition coefficient (Wildman–Crippen LogP) is 3.49. The first-order chi connectivity index (χ1) is 13.9. The number of hydrogen-bond donors (Lipinski definition) is 1. The molecule has 0 aliphatic heterocycles. The van der Waals surface area contributed by atoms with Gasteiger partial charge < -0.3 is 10.1 Å². The lowest BCUT2D eigenvalue weighted by Crippen LogP contribution is -2.25. The van der Waals surface area contributed by atoms with Crippen LogP contribution in [0.25, 0.3) is 11.7 Å². The van der Waals surface area contributed by atoms with Crippen molar-refractivity contribution in [2.75, 3.05) is 6.54 Å². The first kappa shape index (κ1) is 20.1. The van der Waals surface area contributed by atoms with Gasteiger partial charge >= 0.3 is 0 Å². The zero-order chi connectivity index (χ0) is 21.0. The van der Waals surface area contributed by atoms with Crippen molar-refractivity contribution >= 4 is 29.2 Å². The minimum atomic E-state index is -0.582. The number of aryl methyl sites for hydroxylation is 1. The van der Waals surface area contributed by atoms with Gasteiger partial charge in [-0.1, -0.05) is 17.7 Å². The van der Waals surface area contributed by atoms with Crippen molar-refractivity contribution < 1.29 is 9.53 Å². The first-order valence-electron chi connectivity index (χ1n) is 8.80. The van der Waals surface area contributed by atoms with E-state index in [1.165, 1.54) is 10.5 Å². The van der Waals surface area contributed by atoms with E-state index < -0.39 is 11.5 Å².